The third-order valence-corrected chi connectivity index (χ3v) is 12.2. The van der Waals surface area contributed by atoms with Crippen molar-refractivity contribution < 1.29 is 33.8 Å². The van der Waals surface area contributed by atoms with Crippen LogP contribution in [0.4, 0.5) is 21.9 Å². The minimum atomic E-state index is -0.883. The molecule has 3 unspecified atom stereocenters. The summed E-state index contributed by atoms with van der Waals surface area (Å²) >= 11 is 0. The highest BCUT2D eigenvalue weighted by molar-refractivity contribution is 5.99. The number of nitrogens with zero attached hydrogens (tertiary/aromatic N) is 3. The first-order valence-corrected chi connectivity index (χ1v) is 20.9. The summed E-state index contributed by atoms with van der Waals surface area (Å²) in [6, 6.07) is 21.7. The second kappa shape index (κ2) is 19.3. The third-order valence-electron chi connectivity index (χ3n) is 12.2. The van der Waals surface area contributed by atoms with Crippen molar-refractivity contribution in [2.45, 2.75) is 109 Å². The lowest BCUT2D eigenvalue weighted by Crippen LogP contribution is -2.54. The number of aliphatic hydroxyl groups is 1. The third kappa shape index (κ3) is 9.83. The SMILES string of the molecule is COC(=O)N[C@H](C(=O)N1CCC[C@H]1C(=O)Nc1ccc(C2CCC(c3ccc(NC(=O)[C@@H]4CCCN4C(O)[C@@H](N)C(C)C)cc3)N2c2ccc(OC)cc2)cc1)C(C)C. The molecule has 318 valence electrons. The fourth-order valence-electron chi connectivity index (χ4n) is 8.74. The number of ether oxygens (including phenoxy) is 2. The number of benzene rings is 3. The molecule has 3 aromatic rings. The molecule has 3 aliphatic rings. The van der Waals surface area contributed by atoms with Gasteiger partial charge in [-0.2, -0.15) is 0 Å². The van der Waals surface area contributed by atoms with Crippen molar-refractivity contribution in [3.63, 3.8) is 0 Å². The Morgan fingerprint density at radius 3 is 1.75 bits per heavy atom. The van der Waals surface area contributed by atoms with E-state index in [0.29, 0.717) is 43.7 Å². The standard InChI is InChI=1S/C45H61N7O7/c1-27(2)39(46)43(55)50-25-7-9-37(50)41(53)47-31-15-11-29(12-16-31)35-23-24-36(52(35)33-19-21-34(58-5)22-20-33)30-13-17-32(18-14-30)48-42(54)38-10-8-26-51(38)44(56)40(28(3)4)49-45(57)59-6/h11-22,27-28,35-40,43,55H,7-10,23-26,46H2,1-6H3,(H,47,53)(H,48,54)(H,49,57)/t35?,36?,37-,38-,39-,40-,43?/m0/s1. The van der Waals surface area contributed by atoms with Crippen LogP contribution in [0.5, 0.6) is 5.75 Å². The highest BCUT2D eigenvalue weighted by atomic mass is 16.5. The number of nitrogens with one attached hydrogen (secondary N) is 3. The second-order valence-corrected chi connectivity index (χ2v) is 16.6. The van der Waals surface area contributed by atoms with Crippen LogP contribution in [0.1, 0.15) is 89.4 Å². The van der Waals surface area contributed by atoms with E-state index in [1.54, 1.807) is 12.0 Å². The van der Waals surface area contributed by atoms with Gasteiger partial charge in [0.05, 0.1) is 32.3 Å². The van der Waals surface area contributed by atoms with Crippen LogP contribution in [-0.2, 0) is 19.1 Å². The maximum absolute atomic E-state index is 13.6. The van der Waals surface area contributed by atoms with E-state index in [-0.39, 0.29) is 41.6 Å². The van der Waals surface area contributed by atoms with E-state index < -0.39 is 36.5 Å². The average Bonchev–Trinajstić information content (AvgIpc) is 4.03. The Bertz CT molecular complexity index is 1910. The van der Waals surface area contributed by atoms with Crippen LogP contribution in [-0.4, -0.2) is 96.4 Å². The van der Waals surface area contributed by atoms with Crippen molar-refractivity contribution in [2.24, 2.45) is 17.6 Å². The molecule has 4 amide bonds. The predicted molar refractivity (Wildman–Crippen MR) is 228 cm³/mol. The molecule has 0 saturated carbocycles. The Hall–Kier alpha value is -5.18. The second-order valence-electron chi connectivity index (χ2n) is 16.6. The van der Waals surface area contributed by atoms with E-state index in [9.17, 15) is 24.3 Å². The molecule has 7 atom stereocenters. The number of nitrogens with two attached hydrogens (primary N) is 1. The molecule has 0 bridgehead atoms. The largest absolute Gasteiger partial charge is 0.497 e. The van der Waals surface area contributed by atoms with Gasteiger partial charge >= 0.3 is 6.09 Å². The van der Waals surface area contributed by atoms with Gasteiger partial charge in [0.1, 0.15) is 24.1 Å². The van der Waals surface area contributed by atoms with Gasteiger partial charge in [-0.1, -0.05) is 52.0 Å². The summed E-state index contributed by atoms with van der Waals surface area (Å²) in [6.45, 7) is 8.68. The van der Waals surface area contributed by atoms with Crippen LogP contribution < -0.4 is 31.3 Å². The maximum atomic E-state index is 13.6. The normalized spacial score (nSPS) is 22.3. The van der Waals surface area contributed by atoms with E-state index in [4.69, 9.17) is 15.2 Å². The van der Waals surface area contributed by atoms with Gasteiger partial charge in [-0.25, -0.2) is 4.79 Å². The number of carbonyl (C=O) groups excluding carboxylic acids is 4. The first-order chi connectivity index (χ1) is 28.3. The molecule has 6 N–H and O–H groups in total. The highest BCUT2D eigenvalue weighted by Crippen LogP contribution is 2.47. The van der Waals surface area contributed by atoms with Crippen LogP contribution >= 0.6 is 0 Å². The molecule has 0 radical (unpaired) electrons. The molecule has 0 aromatic heterocycles. The maximum Gasteiger partial charge on any atom is 0.407 e. The first kappa shape index (κ1) is 43.4. The molecule has 0 aliphatic carbocycles. The van der Waals surface area contributed by atoms with Gasteiger partial charge in [-0.05, 0) is 110 Å². The number of alkyl carbamates (subject to hydrolysis) is 1. The van der Waals surface area contributed by atoms with Crippen LogP contribution in [0.2, 0.25) is 0 Å². The number of aliphatic hydroxyl groups excluding tert-OH is 1. The van der Waals surface area contributed by atoms with Crippen molar-refractivity contribution in [1.29, 1.82) is 0 Å². The molecule has 14 heteroatoms. The summed E-state index contributed by atoms with van der Waals surface area (Å²) in [5.74, 6) is -0.0548. The summed E-state index contributed by atoms with van der Waals surface area (Å²) < 4.78 is 10.2. The summed E-state index contributed by atoms with van der Waals surface area (Å²) in [7, 11) is 2.90. The highest BCUT2D eigenvalue weighted by Gasteiger charge is 2.40. The quantitative estimate of drug-likeness (QED) is 0.134. The van der Waals surface area contributed by atoms with E-state index in [1.807, 2.05) is 81.1 Å². The van der Waals surface area contributed by atoms with Crippen LogP contribution in [0.3, 0.4) is 0 Å². The fourth-order valence-corrected chi connectivity index (χ4v) is 8.74. The van der Waals surface area contributed by atoms with Crippen LogP contribution in [0, 0.1) is 11.8 Å². The summed E-state index contributed by atoms with van der Waals surface area (Å²) in [5, 5.41) is 19.7. The Morgan fingerprint density at radius 1 is 0.712 bits per heavy atom. The van der Waals surface area contributed by atoms with Crippen molar-refractivity contribution in [3.05, 3.63) is 83.9 Å². The minimum Gasteiger partial charge on any atom is -0.497 e. The van der Waals surface area contributed by atoms with Crippen LogP contribution in [0.25, 0.3) is 0 Å². The van der Waals surface area contributed by atoms with E-state index in [2.05, 4.69) is 45.1 Å². The molecule has 14 nitrogen and oxygen atoms in total. The van der Waals surface area contributed by atoms with Crippen molar-refractivity contribution in [1.82, 2.24) is 15.1 Å². The molecule has 59 heavy (non-hydrogen) atoms. The van der Waals surface area contributed by atoms with Gasteiger partial charge < -0.3 is 46.1 Å². The average molecular weight is 812 g/mol. The van der Waals surface area contributed by atoms with E-state index in [1.165, 1.54) is 7.11 Å². The number of rotatable bonds is 14. The lowest BCUT2D eigenvalue weighted by Gasteiger charge is -2.34. The van der Waals surface area contributed by atoms with Crippen molar-refractivity contribution >= 4 is 40.9 Å². The number of anilines is 3. The summed E-state index contributed by atoms with van der Waals surface area (Å²) in [5.41, 5.74) is 10.8. The van der Waals surface area contributed by atoms with Gasteiger partial charge in [0.15, 0.2) is 0 Å². The fraction of sp³-hybridized carbons (Fsp3) is 0.511. The Balaban J connectivity index is 1.15. The first-order valence-electron chi connectivity index (χ1n) is 20.9. The number of likely N-dealkylation sites (tertiary alicyclic amines) is 2. The van der Waals surface area contributed by atoms with Gasteiger partial charge in [0.25, 0.3) is 0 Å². The minimum absolute atomic E-state index is 0.0349. The Kier molecular flexibility index (Phi) is 14.2. The number of amides is 4. The Labute approximate surface area is 347 Å². The lowest BCUT2D eigenvalue weighted by atomic mass is 10.0. The van der Waals surface area contributed by atoms with Crippen molar-refractivity contribution in [2.75, 3.05) is 42.8 Å². The van der Waals surface area contributed by atoms with Gasteiger partial charge in [0.2, 0.25) is 17.7 Å². The molecule has 3 fully saturated rings. The molecule has 3 aliphatic heterocycles. The molecule has 3 saturated heterocycles. The number of hydrogen-bond donors (Lipinski definition) is 5. The molecular formula is C45H61N7O7. The summed E-state index contributed by atoms with van der Waals surface area (Å²) in [6.07, 6.45) is 2.90. The van der Waals surface area contributed by atoms with E-state index >= 15 is 0 Å². The van der Waals surface area contributed by atoms with E-state index in [0.717, 1.165) is 41.8 Å². The Morgan fingerprint density at radius 2 is 1.24 bits per heavy atom. The zero-order valence-corrected chi connectivity index (χ0v) is 35.1. The van der Waals surface area contributed by atoms with Gasteiger partial charge in [-0.15, -0.1) is 0 Å². The zero-order chi connectivity index (χ0) is 42.4. The monoisotopic (exact) mass is 811 g/mol. The predicted octanol–water partition coefficient (Wildman–Crippen LogP) is 5.79. The number of methoxy groups -OCH3 is 2. The van der Waals surface area contributed by atoms with Crippen molar-refractivity contribution in [3.8, 4) is 5.75 Å². The molecule has 3 aromatic carbocycles. The van der Waals surface area contributed by atoms with Crippen LogP contribution in [0.15, 0.2) is 72.8 Å². The smallest absolute Gasteiger partial charge is 0.407 e. The van der Waals surface area contributed by atoms with Gasteiger partial charge in [-0.3, -0.25) is 19.3 Å². The molecule has 3 heterocycles. The van der Waals surface area contributed by atoms with Gasteiger partial charge in [0, 0.05) is 36.2 Å². The molecule has 6 rings (SSSR count). The topological polar surface area (TPSA) is 179 Å². The zero-order valence-electron chi connectivity index (χ0n) is 35.1. The number of hydrogen-bond acceptors (Lipinski definition) is 10. The summed E-state index contributed by atoms with van der Waals surface area (Å²) in [4.78, 5) is 58.3. The lowest BCUT2D eigenvalue weighted by molar-refractivity contribution is -0.139. The number of carbonyl (C=O) groups is 4. The molecular weight excluding hydrogens is 751 g/mol. The molecule has 0 spiro atoms.